The summed E-state index contributed by atoms with van der Waals surface area (Å²) < 4.78 is 0. The van der Waals surface area contributed by atoms with E-state index in [1.807, 2.05) is 0 Å². The van der Waals surface area contributed by atoms with E-state index in [4.69, 9.17) is 0 Å². The van der Waals surface area contributed by atoms with Crippen LogP contribution in [0.5, 0.6) is 0 Å². The van der Waals surface area contributed by atoms with Crippen LogP contribution in [0.2, 0.25) is 0 Å². The van der Waals surface area contributed by atoms with E-state index in [1.165, 1.54) is 30.6 Å². The van der Waals surface area contributed by atoms with E-state index < -0.39 is 0 Å². The molecule has 0 saturated heterocycles. The van der Waals surface area contributed by atoms with Crippen molar-refractivity contribution in [3.05, 3.63) is 46.4 Å². The fraction of sp³-hybridized carbons (Fsp3) is 0.125. The van der Waals surface area contributed by atoms with Crippen LogP contribution in [-0.4, -0.2) is 9.97 Å². The van der Waals surface area contributed by atoms with Crippen LogP contribution in [0.3, 0.4) is 0 Å². The molecule has 104 valence electrons. The zero-order valence-electron chi connectivity index (χ0n) is 11.6. The second-order valence-corrected chi connectivity index (χ2v) is 7.83. The summed E-state index contributed by atoms with van der Waals surface area (Å²) in [6.07, 6.45) is 3.56. The number of aromatic nitrogens is 2. The highest BCUT2D eigenvalue weighted by molar-refractivity contribution is 7.27. The Labute approximate surface area is 134 Å². The molecule has 4 rings (SSSR count). The standard InChI is InChI=1S/C16H12N2S3/c1-9-5-11(19-7-9)15-13-14(18-4-3-17-13)16(21-15)12-6-10(2)8-20-12/h3-8H,1-2H3. The predicted molar refractivity (Wildman–Crippen MR) is 93.5 cm³/mol. The van der Waals surface area contributed by atoms with Crippen molar-refractivity contribution in [2.24, 2.45) is 0 Å². The van der Waals surface area contributed by atoms with Crippen LogP contribution in [0, 0.1) is 13.8 Å². The van der Waals surface area contributed by atoms with E-state index in [9.17, 15) is 0 Å². The first kappa shape index (κ1) is 13.1. The van der Waals surface area contributed by atoms with Crippen LogP contribution >= 0.6 is 34.0 Å². The molecule has 0 aliphatic carbocycles. The van der Waals surface area contributed by atoms with Gasteiger partial charge in [0.1, 0.15) is 11.0 Å². The van der Waals surface area contributed by atoms with Gasteiger partial charge in [0.15, 0.2) is 0 Å². The van der Waals surface area contributed by atoms with Crippen molar-refractivity contribution in [2.75, 3.05) is 0 Å². The molecule has 4 aromatic rings. The number of rotatable bonds is 2. The van der Waals surface area contributed by atoms with Gasteiger partial charge in [-0.25, -0.2) is 0 Å². The molecule has 0 radical (unpaired) electrons. The molecule has 4 aromatic heterocycles. The van der Waals surface area contributed by atoms with E-state index in [0.29, 0.717) is 0 Å². The maximum atomic E-state index is 4.58. The Bertz CT molecular complexity index is 856. The lowest BCUT2D eigenvalue weighted by molar-refractivity contribution is 1.31. The summed E-state index contributed by atoms with van der Waals surface area (Å²) in [7, 11) is 0. The number of nitrogens with zero attached hydrogens (tertiary/aromatic N) is 2. The molecule has 0 fully saturated rings. The largest absolute Gasteiger partial charge is 0.251 e. The summed E-state index contributed by atoms with van der Waals surface area (Å²) in [6, 6.07) is 4.46. The average molecular weight is 328 g/mol. The third-order valence-electron chi connectivity index (χ3n) is 3.24. The van der Waals surface area contributed by atoms with E-state index in [2.05, 4.69) is 46.7 Å². The average Bonchev–Trinajstić information content (AvgIpc) is 3.17. The van der Waals surface area contributed by atoms with Gasteiger partial charge in [-0.2, -0.15) is 0 Å². The minimum Gasteiger partial charge on any atom is -0.251 e. The van der Waals surface area contributed by atoms with Crippen molar-refractivity contribution in [2.45, 2.75) is 13.8 Å². The summed E-state index contributed by atoms with van der Waals surface area (Å²) in [5.41, 5.74) is 4.64. The fourth-order valence-corrected chi connectivity index (χ4v) is 5.53. The molecule has 0 aliphatic rings. The van der Waals surface area contributed by atoms with Crippen molar-refractivity contribution in [1.82, 2.24) is 9.97 Å². The van der Waals surface area contributed by atoms with Gasteiger partial charge >= 0.3 is 0 Å². The Balaban J connectivity index is 2.01. The maximum absolute atomic E-state index is 4.58. The topological polar surface area (TPSA) is 25.8 Å². The highest BCUT2D eigenvalue weighted by Gasteiger charge is 2.18. The number of aryl methyl sites for hydroxylation is 2. The van der Waals surface area contributed by atoms with Gasteiger partial charge in [0.2, 0.25) is 0 Å². The molecule has 0 amide bonds. The summed E-state index contributed by atoms with van der Waals surface area (Å²) in [5.74, 6) is 0. The molecule has 0 bridgehead atoms. The minimum atomic E-state index is 1.02. The van der Waals surface area contributed by atoms with Crippen molar-refractivity contribution in [1.29, 1.82) is 0 Å². The van der Waals surface area contributed by atoms with Gasteiger partial charge in [0, 0.05) is 22.1 Å². The molecule has 5 heteroatoms. The van der Waals surface area contributed by atoms with Crippen LogP contribution in [0.25, 0.3) is 30.5 Å². The normalized spacial score (nSPS) is 11.3. The van der Waals surface area contributed by atoms with Gasteiger partial charge in [-0.05, 0) is 47.9 Å². The third-order valence-corrected chi connectivity index (χ3v) is 6.87. The SMILES string of the molecule is Cc1csc(-c2sc(-c3cc(C)cs3)c3nccnc23)c1. The molecule has 0 aliphatic heterocycles. The smallest absolute Gasteiger partial charge is 0.109 e. The molecule has 2 nitrogen and oxygen atoms in total. The van der Waals surface area contributed by atoms with Gasteiger partial charge in [-0.15, -0.1) is 34.0 Å². The summed E-state index contributed by atoms with van der Waals surface area (Å²) >= 11 is 5.36. The van der Waals surface area contributed by atoms with Gasteiger partial charge in [-0.1, -0.05) is 0 Å². The van der Waals surface area contributed by atoms with Crippen LogP contribution in [-0.2, 0) is 0 Å². The summed E-state index contributed by atoms with van der Waals surface area (Å²) in [5, 5.41) is 4.37. The lowest BCUT2D eigenvalue weighted by Gasteiger charge is -1.92. The molecule has 0 spiro atoms. The number of hydrogen-bond acceptors (Lipinski definition) is 5. The highest BCUT2D eigenvalue weighted by atomic mass is 32.1. The molecular weight excluding hydrogens is 316 g/mol. The second-order valence-electron chi connectivity index (χ2n) is 4.99. The summed E-state index contributed by atoms with van der Waals surface area (Å²) in [6.45, 7) is 4.26. The zero-order chi connectivity index (χ0) is 14.4. The first-order valence-electron chi connectivity index (χ1n) is 6.57. The maximum Gasteiger partial charge on any atom is 0.109 e. The quantitative estimate of drug-likeness (QED) is 0.467. The van der Waals surface area contributed by atoms with Crippen molar-refractivity contribution >= 4 is 45.0 Å². The third kappa shape index (κ3) is 2.21. The van der Waals surface area contributed by atoms with Gasteiger partial charge in [0.05, 0.1) is 9.75 Å². The molecule has 0 atom stereocenters. The molecule has 0 unspecified atom stereocenters. The van der Waals surface area contributed by atoms with E-state index in [1.54, 1.807) is 46.4 Å². The number of fused-ring (bicyclic) bond motifs is 1. The number of hydrogen-bond donors (Lipinski definition) is 0. The lowest BCUT2D eigenvalue weighted by Crippen LogP contribution is -1.79. The van der Waals surface area contributed by atoms with Crippen LogP contribution in [0.15, 0.2) is 35.3 Å². The minimum absolute atomic E-state index is 1.02. The van der Waals surface area contributed by atoms with E-state index in [-0.39, 0.29) is 0 Å². The Morgan fingerprint density at radius 1 is 0.762 bits per heavy atom. The monoisotopic (exact) mass is 328 g/mol. The van der Waals surface area contributed by atoms with Crippen molar-refractivity contribution in [3.63, 3.8) is 0 Å². The molecule has 0 N–H and O–H groups in total. The van der Waals surface area contributed by atoms with Crippen molar-refractivity contribution < 1.29 is 0 Å². The highest BCUT2D eigenvalue weighted by Crippen LogP contribution is 2.45. The molecular formula is C16H12N2S3. The van der Waals surface area contributed by atoms with E-state index >= 15 is 0 Å². The summed E-state index contributed by atoms with van der Waals surface area (Å²) in [4.78, 5) is 14.2. The van der Waals surface area contributed by atoms with Gasteiger partial charge < -0.3 is 0 Å². The first-order valence-corrected chi connectivity index (χ1v) is 9.14. The molecule has 0 saturated carbocycles. The lowest BCUT2D eigenvalue weighted by atomic mass is 10.2. The number of thiophene rings is 3. The second kappa shape index (κ2) is 5.02. The first-order chi connectivity index (χ1) is 10.2. The molecule has 0 aromatic carbocycles. The van der Waals surface area contributed by atoms with Crippen LogP contribution < -0.4 is 0 Å². The van der Waals surface area contributed by atoms with Crippen LogP contribution in [0.1, 0.15) is 11.1 Å². The Morgan fingerprint density at radius 2 is 1.24 bits per heavy atom. The zero-order valence-corrected chi connectivity index (χ0v) is 14.0. The molecule has 4 heterocycles. The fourth-order valence-electron chi connectivity index (χ4n) is 2.30. The van der Waals surface area contributed by atoms with Crippen LogP contribution in [0.4, 0.5) is 0 Å². The Hall–Kier alpha value is -1.56. The Morgan fingerprint density at radius 3 is 1.62 bits per heavy atom. The predicted octanol–water partition coefficient (Wildman–Crippen LogP) is 5.77. The van der Waals surface area contributed by atoms with E-state index in [0.717, 1.165) is 11.0 Å². The van der Waals surface area contributed by atoms with Gasteiger partial charge in [0.25, 0.3) is 0 Å². The molecule has 21 heavy (non-hydrogen) atoms. The Kier molecular flexibility index (Phi) is 3.14. The van der Waals surface area contributed by atoms with Crippen molar-refractivity contribution in [3.8, 4) is 19.5 Å². The van der Waals surface area contributed by atoms with Gasteiger partial charge in [-0.3, -0.25) is 9.97 Å².